The van der Waals surface area contributed by atoms with Gasteiger partial charge in [-0.15, -0.1) is 0 Å². The Hall–Kier alpha value is -2.80. The molecule has 7 heteroatoms. The van der Waals surface area contributed by atoms with E-state index in [4.69, 9.17) is 10.7 Å². The van der Waals surface area contributed by atoms with Crippen molar-refractivity contribution >= 4 is 22.6 Å². The van der Waals surface area contributed by atoms with Crippen LogP contribution in [0.2, 0.25) is 0 Å². The zero-order valence-corrected chi connectivity index (χ0v) is 12.7. The number of aromatic amines is 1. The first-order chi connectivity index (χ1) is 11.2. The van der Waals surface area contributed by atoms with E-state index < -0.39 is 5.66 Å². The molecule has 23 heavy (non-hydrogen) atoms. The maximum Gasteiger partial charge on any atom is 0.141 e. The molecule has 7 nitrogen and oxygen atoms in total. The average molecular weight is 307 g/mol. The van der Waals surface area contributed by atoms with E-state index in [1.807, 2.05) is 12.3 Å². The molecule has 0 radical (unpaired) electrons. The second-order valence-corrected chi connectivity index (χ2v) is 5.67. The molecular weight excluding hydrogens is 290 g/mol. The van der Waals surface area contributed by atoms with Crippen molar-refractivity contribution in [2.45, 2.75) is 25.4 Å². The fourth-order valence-electron chi connectivity index (χ4n) is 3.04. The van der Waals surface area contributed by atoms with Crippen LogP contribution in [0.3, 0.4) is 0 Å². The summed E-state index contributed by atoms with van der Waals surface area (Å²) in [5.41, 5.74) is 9.40. The zero-order valence-electron chi connectivity index (χ0n) is 12.7. The van der Waals surface area contributed by atoms with Gasteiger partial charge < -0.3 is 16.0 Å². The van der Waals surface area contributed by atoms with Crippen LogP contribution in [-0.4, -0.2) is 25.8 Å². The number of H-pyrrole nitrogens is 1. The van der Waals surface area contributed by atoms with Gasteiger partial charge in [-0.3, -0.25) is 4.98 Å². The van der Waals surface area contributed by atoms with E-state index in [0.29, 0.717) is 5.84 Å². The Morgan fingerprint density at radius 2 is 2.17 bits per heavy atom. The van der Waals surface area contributed by atoms with Gasteiger partial charge in [0.1, 0.15) is 23.5 Å². The van der Waals surface area contributed by atoms with E-state index in [2.05, 4.69) is 32.2 Å². The Morgan fingerprint density at radius 3 is 3.04 bits per heavy atom. The SMILES string of the molecule is CCCC1(N)N=C(c2c[nH]c3ncncc23)Nc2cnccc21. The van der Waals surface area contributed by atoms with Gasteiger partial charge in [0.05, 0.1) is 11.9 Å². The summed E-state index contributed by atoms with van der Waals surface area (Å²) in [6, 6.07) is 1.93. The molecule has 0 bridgehead atoms. The van der Waals surface area contributed by atoms with Crippen LogP contribution in [0.15, 0.2) is 42.2 Å². The highest BCUT2D eigenvalue weighted by atomic mass is 15.2. The monoisotopic (exact) mass is 307 g/mol. The first-order valence-corrected chi connectivity index (χ1v) is 7.59. The number of aromatic nitrogens is 4. The summed E-state index contributed by atoms with van der Waals surface area (Å²) in [7, 11) is 0. The summed E-state index contributed by atoms with van der Waals surface area (Å²) in [6.07, 6.45) is 10.4. The minimum atomic E-state index is -0.757. The summed E-state index contributed by atoms with van der Waals surface area (Å²) < 4.78 is 0. The van der Waals surface area contributed by atoms with Gasteiger partial charge in [0, 0.05) is 35.1 Å². The number of nitrogens with two attached hydrogens (primary N) is 1. The lowest BCUT2D eigenvalue weighted by atomic mass is 9.93. The molecule has 1 aliphatic rings. The van der Waals surface area contributed by atoms with Gasteiger partial charge in [-0.05, 0) is 12.5 Å². The molecule has 1 unspecified atom stereocenters. The Balaban J connectivity index is 1.88. The maximum absolute atomic E-state index is 6.63. The van der Waals surface area contributed by atoms with E-state index in [1.165, 1.54) is 6.33 Å². The molecule has 0 saturated carbocycles. The third kappa shape index (κ3) is 2.17. The summed E-state index contributed by atoms with van der Waals surface area (Å²) in [4.78, 5) is 20.5. The Kier molecular flexibility index (Phi) is 3.09. The lowest BCUT2D eigenvalue weighted by Gasteiger charge is -2.33. The van der Waals surface area contributed by atoms with Crippen LogP contribution < -0.4 is 11.1 Å². The summed E-state index contributed by atoms with van der Waals surface area (Å²) in [5, 5.41) is 4.24. The van der Waals surface area contributed by atoms with E-state index in [0.717, 1.165) is 40.7 Å². The summed E-state index contributed by atoms with van der Waals surface area (Å²) >= 11 is 0. The molecule has 0 aromatic carbocycles. The highest BCUT2D eigenvalue weighted by Crippen LogP contribution is 2.35. The normalized spacial score (nSPS) is 20.0. The molecule has 1 atom stereocenters. The molecule has 0 amide bonds. The smallest absolute Gasteiger partial charge is 0.141 e. The predicted octanol–water partition coefficient (Wildman–Crippen LogP) is 2.14. The largest absolute Gasteiger partial charge is 0.345 e. The van der Waals surface area contributed by atoms with Crippen molar-refractivity contribution in [2.75, 3.05) is 5.32 Å². The minimum Gasteiger partial charge on any atom is -0.345 e. The predicted molar refractivity (Wildman–Crippen MR) is 89.1 cm³/mol. The van der Waals surface area contributed by atoms with Gasteiger partial charge >= 0.3 is 0 Å². The van der Waals surface area contributed by atoms with Crippen molar-refractivity contribution in [3.63, 3.8) is 0 Å². The maximum atomic E-state index is 6.63. The first kappa shape index (κ1) is 13.8. The Bertz CT molecular complexity index is 898. The second kappa shape index (κ2) is 5.13. The van der Waals surface area contributed by atoms with Crippen LogP contribution in [0.1, 0.15) is 30.9 Å². The van der Waals surface area contributed by atoms with E-state index in [1.54, 1.807) is 18.6 Å². The lowest BCUT2D eigenvalue weighted by molar-refractivity contribution is 0.422. The number of rotatable bonds is 3. The first-order valence-electron chi connectivity index (χ1n) is 7.59. The number of hydrogen-bond acceptors (Lipinski definition) is 6. The van der Waals surface area contributed by atoms with Crippen molar-refractivity contribution in [1.29, 1.82) is 0 Å². The number of nitrogens with zero attached hydrogens (tertiary/aromatic N) is 4. The average Bonchev–Trinajstić information content (AvgIpc) is 2.99. The van der Waals surface area contributed by atoms with Crippen LogP contribution >= 0.6 is 0 Å². The molecular formula is C16H17N7. The fraction of sp³-hybridized carbons (Fsp3) is 0.250. The number of fused-ring (bicyclic) bond motifs is 2. The number of pyridine rings is 1. The number of anilines is 1. The molecule has 0 fully saturated rings. The van der Waals surface area contributed by atoms with Crippen molar-refractivity contribution in [1.82, 2.24) is 19.9 Å². The van der Waals surface area contributed by atoms with E-state index >= 15 is 0 Å². The van der Waals surface area contributed by atoms with Gasteiger partial charge in [0.2, 0.25) is 0 Å². The van der Waals surface area contributed by atoms with Crippen molar-refractivity contribution < 1.29 is 0 Å². The van der Waals surface area contributed by atoms with E-state index in [9.17, 15) is 0 Å². The molecule has 3 aromatic heterocycles. The number of amidine groups is 1. The van der Waals surface area contributed by atoms with Gasteiger partial charge in [0.25, 0.3) is 0 Å². The molecule has 116 valence electrons. The molecule has 0 saturated heterocycles. The molecule has 4 N–H and O–H groups in total. The third-order valence-electron chi connectivity index (χ3n) is 4.09. The zero-order chi connectivity index (χ0) is 15.9. The molecule has 0 spiro atoms. The van der Waals surface area contributed by atoms with Crippen LogP contribution in [0.5, 0.6) is 0 Å². The van der Waals surface area contributed by atoms with E-state index in [-0.39, 0.29) is 0 Å². The van der Waals surface area contributed by atoms with Crippen LogP contribution in [-0.2, 0) is 5.66 Å². The highest BCUT2D eigenvalue weighted by Gasteiger charge is 2.33. The summed E-state index contributed by atoms with van der Waals surface area (Å²) in [6.45, 7) is 2.10. The molecule has 4 heterocycles. The second-order valence-electron chi connectivity index (χ2n) is 5.67. The van der Waals surface area contributed by atoms with Crippen molar-refractivity contribution in [2.24, 2.45) is 10.7 Å². The lowest BCUT2D eigenvalue weighted by Crippen LogP contribution is -2.41. The van der Waals surface area contributed by atoms with Crippen LogP contribution in [0, 0.1) is 0 Å². The Morgan fingerprint density at radius 1 is 1.26 bits per heavy atom. The van der Waals surface area contributed by atoms with Gasteiger partial charge in [-0.1, -0.05) is 13.3 Å². The molecule has 1 aliphatic heterocycles. The van der Waals surface area contributed by atoms with Gasteiger partial charge in [-0.2, -0.15) is 0 Å². The number of aliphatic imine (C=N–C) groups is 1. The fourth-order valence-corrected chi connectivity index (χ4v) is 3.04. The standard InChI is InChI=1S/C16H17N7/c1-2-4-16(17)12-3-5-18-8-13(12)22-15(23-16)11-7-20-14-10(11)6-19-9-21-14/h3,5-9H,2,4,17H2,1H3,(H,22,23)(H,19,20,21). The quantitative estimate of drug-likeness (QED) is 0.687. The van der Waals surface area contributed by atoms with Crippen molar-refractivity contribution in [3.05, 3.63) is 48.3 Å². The minimum absolute atomic E-state index is 0.711. The van der Waals surface area contributed by atoms with Crippen molar-refractivity contribution in [3.8, 4) is 0 Å². The molecule has 0 aliphatic carbocycles. The number of hydrogen-bond donors (Lipinski definition) is 3. The van der Waals surface area contributed by atoms with Crippen LogP contribution in [0.25, 0.3) is 11.0 Å². The van der Waals surface area contributed by atoms with Gasteiger partial charge in [-0.25, -0.2) is 15.0 Å². The Labute approximate surface area is 133 Å². The number of nitrogens with one attached hydrogen (secondary N) is 2. The molecule has 3 aromatic rings. The third-order valence-corrected chi connectivity index (χ3v) is 4.09. The van der Waals surface area contributed by atoms with Crippen LogP contribution in [0.4, 0.5) is 5.69 Å². The molecule has 4 rings (SSSR count). The van der Waals surface area contributed by atoms with Gasteiger partial charge in [0.15, 0.2) is 0 Å². The highest BCUT2D eigenvalue weighted by molar-refractivity contribution is 6.16. The summed E-state index contributed by atoms with van der Waals surface area (Å²) in [5.74, 6) is 0.711. The topological polar surface area (TPSA) is 105 Å².